The van der Waals surface area contributed by atoms with Crippen LogP contribution in [0.2, 0.25) is 0 Å². The topological polar surface area (TPSA) is 52.6 Å². The van der Waals surface area contributed by atoms with Gasteiger partial charge in [0.15, 0.2) is 0 Å². The van der Waals surface area contributed by atoms with Gasteiger partial charge in [-0.05, 0) is 40.5 Å². The first kappa shape index (κ1) is 15.6. The van der Waals surface area contributed by atoms with Gasteiger partial charge < -0.3 is 9.47 Å². The van der Waals surface area contributed by atoms with Crippen molar-refractivity contribution in [2.75, 3.05) is 6.61 Å². The van der Waals surface area contributed by atoms with Gasteiger partial charge in [0.2, 0.25) is 0 Å². The summed E-state index contributed by atoms with van der Waals surface area (Å²) in [6.45, 7) is -1.15. The van der Waals surface area contributed by atoms with E-state index in [1.807, 2.05) is 0 Å². The smallest absolute Gasteiger partial charge is 0.387 e. The van der Waals surface area contributed by atoms with E-state index >= 15 is 0 Å². The zero-order valence-electron chi connectivity index (χ0n) is 9.99. The van der Waals surface area contributed by atoms with Crippen molar-refractivity contribution in [1.29, 1.82) is 0 Å². The molecule has 0 saturated heterocycles. The molecule has 1 aromatic rings. The molecular weight excluding hydrogens is 326 g/mol. The van der Waals surface area contributed by atoms with Crippen molar-refractivity contribution in [2.45, 2.75) is 20.0 Å². The maximum atomic E-state index is 12.2. The standard InChI is InChI=1S/C12H11BrF2O4/c1-2-18-11(17)5-7-4-10(19-12(14)15)9(13)3-8(7)6-16/h3-4,6,12H,2,5H2,1H3. The molecule has 0 unspecified atom stereocenters. The molecule has 0 atom stereocenters. The maximum Gasteiger partial charge on any atom is 0.387 e. The molecule has 0 amide bonds. The summed E-state index contributed by atoms with van der Waals surface area (Å²) in [5, 5.41) is 0. The minimum Gasteiger partial charge on any atom is -0.466 e. The van der Waals surface area contributed by atoms with Crippen LogP contribution in [-0.2, 0) is 16.0 Å². The molecule has 0 heterocycles. The van der Waals surface area contributed by atoms with Crippen molar-refractivity contribution in [1.82, 2.24) is 0 Å². The number of carbonyl (C=O) groups excluding carboxylic acids is 2. The highest BCUT2D eigenvalue weighted by atomic mass is 79.9. The molecule has 0 saturated carbocycles. The molecule has 0 aliphatic heterocycles. The number of benzene rings is 1. The summed E-state index contributed by atoms with van der Waals surface area (Å²) in [4.78, 5) is 22.3. The van der Waals surface area contributed by atoms with Crippen LogP contribution in [0.4, 0.5) is 8.78 Å². The van der Waals surface area contributed by atoms with Gasteiger partial charge in [-0.25, -0.2) is 0 Å². The summed E-state index contributed by atoms with van der Waals surface area (Å²) in [7, 11) is 0. The van der Waals surface area contributed by atoms with E-state index < -0.39 is 12.6 Å². The number of rotatable bonds is 6. The number of carbonyl (C=O) groups is 2. The highest BCUT2D eigenvalue weighted by Crippen LogP contribution is 2.30. The molecule has 19 heavy (non-hydrogen) atoms. The Morgan fingerprint density at radius 2 is 2.16 bits per heavy atom. The number of aldehydes is 1. The summed E-state index contributed by atoms with van der Waals surface area (Å²) in [6, 6.07) is 2.54. The van der Waals surface area contributed by atoms with Gasteiger partial charge in [-0.3, -0.25) is 9.59 Å². The molecule has 0 N–H and O–H groups in total. The lowest BCUT2D eigenvalue weighted by molar-refractivity contribution is -0.142. The summed E-state index contributed by atoms with van der Waals surface area (Å²) < 4.78 is 33.6. The monoisotopic (exact) mass is 336 g/mol. The van der Waals surface area contributed by atoms with Crippen LogP contribution < -0.4 is 4.74 Å². The third kappa shape index (κ3) is 4.59. The lowest BCUT2D eigenvalue weighted by Crippen LogP contribution is -2.10. The molecule has 4 nitrogen and oxygen atoms in total. The maximum absolute atomic E-state index is 12.2. The van der Waals surface area contributed by atoms with Gasteiger partial charge in [-0.2, -0.15) is 8.78 Å². The van der Waals surface area contributed by atoms with Gasteiger partial charge in [-0.1, -0.05) is 0 Å². The molecule has 0 aliphatic carbocycles. The van der Waals surface area contributed by atoms with E-state index in [0.717, 1.165) is 0 Å². The summed E-state index contributed by atoms with van der Waals surface area (Å²) >= 11 is 3.01. The van der Waals surface area contributed by atoms with E-state index in [-0.39, 0.29) is 34.4 Å². The number of ether oxygens (including phenoxy) is 2. The van der Waals surface area contributed by atoms with Crippen molar-refractivity contribution in [3.63, 3.8) is 0 Å². The molecule has 0 aromatic heterocycles. The first-order valence-electron chi connectivity index (χ1n) is 5.36. The second-order valence-corrected chi connectivity index (χ2v) is 4.31. The Hall–Kier alpha value is -1.50. The molecule has 1 aromatic carbocycles. The fourth-order valence-electron chi connectivity index (χ4n) is 1.43. The first-order chi connectivity index (χ1) is 8.97. The fourth-order valence-corrected chi connectivity index (χ4v) is 1.88. The van der Waals surface area contributed by atoms with Gasteiger partial charge in [0, 0.05) is 5.56 Å². The van der Waals surface area contributed by atoms with Crippen LogP contribution in [0.25, 0.3) is 0 Å². The van der Waals surface area contributed by atoms with Crippen molar-refractivity contribution < 1.29 is 27.8 Å². The molecule has 7 heteroatoms. The SMILES string of the molecule is CCOC(=O)Cc1cc(OC(F)F)c(Br)cc1C=O. The average Bonchev–Trinajstić information content (AvgIpc) is 2.32. The number of alkyl halides is 2. The van der Waals surface area contributed by atoms with Crippen LogP contribution in [0, 0.1) is 0 Å². The van der Waals surface area contributed by atoms with Gasteiger partial charge in [0.05, 0.1) is 17.5 Å². The van der Waals surface area contributed by atoms with Gasteiger partial charge in [0.1, 0.15) is 12.0 Å². The van der Waals surface area contributed by atoms with Crippen LogP contribution in [-0.4, -0.2) is 25.5 Å². The van der Waals surface area contributed by atoms with Gasteiger partial charge in [0.25, 0.3) is 0 Å². The highest BCUT2D eigenvalue weighted by Gasteiger charge is 2.15. The Labute approximate surface area is 116 Å². The van der Waals surface area contributed by atoms with Crippen molar-refractivity contribution in [2.24, 2.45) is 0 Å². The molecule has 0 spiro atoms. The molecule has 0 bridgehead atoms. The normalized spacial score (nSPS) is 10.4. The number of hydrogen-bond acceptors (Lipinski definition) is 4. The largest absolute Gasteiger partial charge is 0.466 e. The molecule has 0 aliphatic rings. The number of esters is 1. The highest BCUT2D eigenvalue weighted by molar-refractivity contribution is 9.10. The fraction of sp³-hybridized carbons (Fsp3) is 0.333. The van der Waals surface area contributed by atoms with Crippen LogP contribution >= 0.6 is 15.9 Å². The number of halogens is 3. The summed E-state index contributed by atoms with van der Waals surface area (Å²) in [5.74, 6) is -0.684. The Morgan fingerprint density at radius 3 is 2.68 bits per heavy atom. The minimum atomic E-state index is -2.99. The van der Waals surface area contributed by atoms with Crippen molar-refractivity contribution in [3.8, 4) is 5.75 Å². The third-order valence-corrected chi connectivity index (χ3v) is 2.80. The van der Waals surface area contributed by atoms with Crippen LogP contribution in [0.5, 0.6) is 5.75 Å². The Kier molecular flexibility index (Phi) is 5.88. The number of hydrogen-bond donors (Lipinski definition) is 0. The Morgan fingerprint density at radius 1 is 1.47 bits per heavy atom. The van der Waals surface area contributed by atoms with Crippen LogP contribution in [0.15, 0.2) is 16.6 Å². The Bertz CT molecular complexity index is 477. The lowest BCUT2D eigenvalue weighted by Gasteiger charge is -2.11. The zero-order chi connectivity index (χ0) is 14.4. The van der Waals surface area contributed by atoms with Crippen molar-refractivity contribution in [3.05, 3.63) is 27.7 Å². The second-order valence-electron chi connectivity index (χ2n) is 3.46. The summed E-state index contributed by atoms with van der Waals surface area (Å²) in [5.41, 5.74) is 0.480. The molecule has 0 radical (unpaired) electrons. The predicted octanol–water partition coefficient (Wildman–Crippen LogP) is 2.97. The minimum absolute atomic E-state index is 0.139. The second kappa shape index (κ2) is 7.18. The zero-order valence-corrected chi connectivity index (χ0v) is 11.6. The Balaban J connectivity index is 3.06. The molecule has 104 valence electrons. The molecular formula is C12H11BrF2O4. The predicted molar refractivity (Wildman–Crippen MR) is 66.5 cm³/mol. The van der Waals surface area contributed by atoms with Gasteiger partial charge in [-0.15, -0.1) is 0 Å². The quantitative estimate of drug-likeness (QED) is 0.592. The van der Waals surface area contributed by atoms with E-state index in [9.17, 15) is 18.4 Å². The van der Waals surface area contributed by atoms with E-state index in [2.05, 4.69) is 20.7 Å². The van der Waals surface area contributed by atoms with Crippen molar-refractivity contribution >= 4 is 28.2 Å². The van der Waals surface area contributed by atoms with Crippen LogP contribution in [0.3, 0.4) is 0 Å². The average molecular weight is 337 g/mol. The lowest BCUT2D eigenvalue weighted by atomic mass is 10.1. The van der Waals surface area contributed by atoms with Gasteiger partial charge >= 0.3 is 12.6 Å². The summed E-state index contributed by atoms with van der Waals surface area (Å²) in [6.07, 6.45) is 0.347. The molecule has 1 rings (SSSR count). The molecule has 0 fully saturated rings. The van der Waals surface area contributed by atoms with E-state index in [0.29, 0.717) is 6.29 Å². The van der Waals surface area contributed by atoms with E-state index in [1.165, 1.54) is 12.1 Å². The van der Waals surface area contributed by atoms with Crippen LogP contribution in [0.1, 0.15) is 22.8 Å². The first-order valence-corrected chi connectivity index (χ1v) is 6.15. The van der Waals surface area contributed by atoms with E-state index in [1.54, 1.807) is 6.92 Å². The third-order valence-electron chi connectivity index (χ3n) is 2.18. The van der Waals surface area contributed by atoms with E-state index in [4.69, 9.17) is 4.74 Å².